The van der Waals surface area contributed by atoms with Crippen LogP contribution in [0.25, 0.3) is 0 Å². The molecule has 1 fully saturated rings. The number of alkyl halides is 1. The predicted molar refractivity (Wildman–Crippen MR) is 126 cm³/mol. The lowest BCUT2D eigenvalue weighted by Crippen LogP contribution is -2.48. The van der Waals surface area contributed by atoms with Crippen molar-refractivity contribution in [1.29, 1.82) is 5.26 Å². The number of halogens is 1. The van der Waals surface area contributed by atoms with Gasteiger partial charge in [-0.15, -0.1) is 0 Å². The number of nitrogens with zero attached hydrogens (tertiary/aromatic N) is 2. The minimum absolute atomic E-state index is 0.155. The molecule has 0 aromatic heterocycles. The number of hydrogen-bond acceptors (Lipinski definition) is 6. The van der Waals surface area contributed by atoms with E-state index in [1.807, 2.05) is 20.8 Å². The van der Waals surface area contributed by atoms with Crippen LogP contribution in [-0.2, 0) is 19.6 Å². The second kappa shape index (κ2) is 8.75. The van der Waals surface area contributed by atoms with E-state index in [-0.39, 0.29) is 11.4 Å². The van der Waals surface area contributed by atoms with Gasteiger partial charge in [-0.05, 0) is 63.9 Å². The summed E-state index contributed by atoms with van der Waals surface area (Å²) < 4.78 is 39.8. The van der Waals surface area contributed by atoms with Gasteiger partial charge in [-0.2, -0.15) is 9.57 Å². The molecule has 2 aliphatic rings. The summed E-state index contributed by atoms with van der Waals surface area (Å²) in [6, 6.07) is 12.7. The van der Waals surface area contributed by atoms with Crippen LogP contribution >= 0.6 is 15.9 Å². The van der Waals surface area contributed by atoms with E-state index in [1.54, 1.807) is 42.5 Å². The molecule has 174 valence electrons. The van der Waals surface area contributed by atoms with E-state index in [1.165, 1.54) is 4.31 Å². The van der Waals surface area contributed by atoms with Gasteiger partial charge in [0.2, 0.25) is 10.0 Å². The third kappa shape index (κ3) is 4.39. The van der Waals surface area contributed by atoms with E-state index >= 15 is 0 Å². The third-order valence-electron chi connectivity index (χ3n) is 6.09. The summed E-state index contributed by atoms with van der Waals surface area (Å²) in [6.07, 6.45) is 0.208. The molecule has 0 aliphatic carbocycles. The Bertz CT molecular complexity index is 1220. The van der Waals surface area contributed by atoms with Crippen LogP contribution in [0.4, 0.5) is 0 Å². The number of benzene rings is 2. The Kier molecular flexibility index (Phi) is 6.29. The van der Waals surface area contributed by atoms with E-state index in [0.29, 0.717) is 29.7 Å². The minimum Gasteiger partial charge on any atom is -0.486 e. The first-order valence-corrected chi connectivity index (χ1v) is 13.1. The average molecular weight is 533 g/mol. The molecular formula is C24H25BrN2O5S. The number of ether oxygens (including phenoxy) is 2. The van der Waals surface area contributed by atoms with Crippen LogP contribution in [0.15, 0.2) is 47.4 Å². The zero-order valence-corrected chi connectivity index (χ0v) is 21.0. The predicted octanol–water partition coefficient (Wildman–Crippen LogP) is 4.24. The molecule has 2 aromatic carbocycles. The summed E-state index contributed by atoms with van der Waals surface area (Å²) in [6.45, 7) is 5.88. The van der Waals surface area contributed by atoms with Gasteiger partial charge in [0.15, 0.2) is 0 Å². The average Bonchev–Trinajstić information content (AvgIpc) is 3.28. The molecule has 0 unspecified atom stereocenters. The normalized spacial score (nSPS) is 24.4. The van der Waals surface area contributed by atoms with Gasteiger partial charge in [-0.3, -0.25) is 4.79 Å². The second-order valence-corrected chi connectivity index (χ2v) is 11.8. The first kappa shape index (κ1) is 23.7. The number of hydrogen-bond donors (Lipinski definition) is 0. The Morgan fingerprint density at radius 1 is 1.24 bits per heavy atom. The molecule has 0 amide bonds. The number of carbonyl (C=O) groups excluding carboxylic acids is 1. The Hall–Kier alpha value is -2.41. The highest BCUT2D eigenvalue weighted by molar-refractivity contribution is 9.09. The quantitative estimate of drug-likeness (QED) is 0.431. The van der Waals surface area contributed by atoms with Gasteiger partial charge >= 0.3 is 5.97 Å². The van der Waals surface area contributed by atoms with E-state index < -0.39 is 38.6 Å². The number of carbonyl (C=O) groups is 1. The zero-order chi connectivity index (χ0) is 24.0. The van der Waals surface area contributed by atoms with Crippen molar-refractivity contribution in [3.63, 3.8) is 0 Å². The standard InChI is InChI=1S/C24H25BrN2O5S/c1-15-6-9-17(10-7-15)33(29,30)27-12-4-5-19(27)23(28)31-21-18-13-16(14-26)8-11-20(18)32-24(2,3)22(21)25/h6-11,13,19,21-22H,4-5,12H2,1-3H3/t19-,21+,22-/m0/s1. The van der Waals surface area contributed by atoms with Crippen molar-refractivity contribution in [2.24, 2.45) is 0 Å². The van der Waals surface area contributed by atoms with Crippen molar-refractivity contribution in [3.8, 4) is 11.8 Å². The zero-order valence-electron chi connectivity index (χ0n) is 18.6. The molecule has 3 atom stereocenters. The van der Waals surface area contributed by atoms with E-state index in [4.69, 9.17) is 9.47 Å². The van der Waals surface area contributed by atoms with Gasteiger partial charge in [0.1, 0.15) is 23.5 Å². The van der Waals surface area contributed by atoms with Crippen LogP contribution < -0.4 is 4.74 Å². The molecule has 9 heteroatoms. The first-order valence-electron chi connectivity index (χ1n) is 10.7. The Balaban J connectivity index is 1.63. The molecule has 0 bridgehead atoms. The Morgan fingerprint density at radius 2 is 1.94 bits per heavy atom. The highest BCUT2D eigenvalue weighted by Gasteiger charge is 2.47. The number of sulfonamides is 1. The van der Waals surface area contributed by atoms with Crippen molar-refractivity contribution in [3.05, 3.63) is 59.2 Å². The highest BCUT2D eigenvalue weighted by Crippen LogP contribution is 2.46. The van der Waals surface area contributed by atoms with Crippen molar-refractivity contribution >= 4 is 31.9 Å². The lowest BCUT2D eigenvalue weighted by molar-refractivity contribution is -0.156. The van der Waals surface area contributed by atoms with Crippen LogP contribution in [0.1, 0.15) is 49.5 Å². The maximum absolute atomic E-state index is 13.3. The molecule has 7 nitrogen and oxygen atoms in total. The summed E-state index contributed by atoms with van der Waals surface area (Å²) in [7, 11) is -3.84. The summed E-state index contributed by atoms with van der Waals surface area (Å²) in [5, 5.41) is 9.31. The number of nitriles is 1. The smallest absolute Gasteiger partial charge is 0.325 e. The monoisotopic (exact) mass is 532 g/mol. The van der Waals surface area contributed by atoms with Gasteiger partial charge in [-0.25, -0.2) is 8.42 Å². The number of rotatable bonds is 4. The Labute approximate surface area is 202 Å². The highest BCUT2D eigenvalue weighted by atomic mass is 79.9. The largest absolute Gasteiger partial charge is 0.486 e. The molecule has 0 N–H and O–H groups in total. The summed E-state index contributed by atoms with van der Waals surface area (Å²) >= 11 is 3.61. The first-order chi connectivity index (χ1) is 15.5. The number of esters is 1. The van der Waals surface area contributed by atoms with Crippen molar-refractivity contribution < 1.29 is 22.7 Å². The fraction of sp³-hybridized carbons (Fsp3) is 0.417. The molecule has 2 heterocycles. The lowest BCUT2D eigenvalue weighted by Gasteiger charge is -2.42. The maximum atomic E-state index is 13.3. The molecule has 0 spiro atoms. The van der Waals surface area contributed by atoms with Gasteiger partial charge in [-0.1, -0.05) is 33.6 Å². The lowest BCUT2D eigenvalue weighted by atomic mass is 9.90. The van der Waals surface area contributed by atoms with E-state index in [2.05, 4.69) is 22.0 Å². The summed E-state index contributed by atoms with van der Waals surface area (Å²) in [5.41, 5.74) is 1.25. The number of aryl methyl sites for hydroxylation is 1. The number of fused-ring (bicyclic) bond motifs is 1. The summed E-state index contributed by atoms with van der Waals surface area (Å²) in [5.74, 6) is -0.0771. The fourth-order valence-electron chi connectivity index (χ4n) is 4.23. The van der Waals surface area contributed by atoms with Crippen LogP contribution in [0.5, 0.6) is 5.75 Å². The second-order valence-electron chi connectivity index (χ2n) is 8.92. The SMILES string of the molecule is Cc1ccc(S(=O)(=O)N2CCC[C@H]2C(=O)O[C@@H]2c3cc(C#N)ccc3OC(C)(C)[C@H]2Br)cc1. The maximum Gasteiger partial charge on any atom is 0.325 e. The minimum atomic E-state index is -3.84. The molecule has 0 saturated carbocycles. The topological polar surface area (TPSA) is 96.7 Å². The molecular weight excluding hydrogens is 508 g/mol. The fourth-order valence-corrected chi connectivity index (χ4v) is 6.36. The van der Waals surface area contributed by atoms with E-state index in [0.717, 1.165) is 5.56 Å². The molecule has 0 radical (unpaired) electrons. The summed E-state index contributed by atoms with van der Waals surface area (Å²) in [4.78, 5) is 13.1. The van der Waals surface area contributed by atoms with Crippen molar-refractivity contribution in [2.75, 3.05) is 6.54 Å². The van der Waals surface area contributed by atoms with Crippen LogP contribution in [0.2, 0.25) is 0 Å². The van der Waals surface area contributed by atoms with E-state index in [9.17, 15) is 18.5 Å². The molecule has 2 aliphatic heterocycles. The van der Waals surface area contributed by atoms with Crippen molar-refractivity contribution in [2.45, 2.75) is 61.1 Å². The van der Waals surface area contributed by atoms with Crippen LogP contribution in [-0.4, -0.2) is 41.7 Å². The molecule has 4 rings (SSSR count). The van der Waals surface area contributed by atoms with Gasteiger partial charge in [0.05, 0.1) is 21.4 Å². The van der Waals surface area contributed by atoms with Gasteiger partial charge in [0, 0.05) is 12.1 Å². The molecule has 1 saturated heterocycles. The van der Waals surface area contributed by atoms with Gasteiger partial charge in [0.25, 0.3) is 0 Å². The van der Waals surface area contributed by atoms with Crippen LogP contribution in [0, 0.1) is 18.3 Å². The Morgan fingerprint density at radius 3 is 2.61 bits per heavy atom. The molecule has 2 aromatic rings. The third-order valence-corrected chi connectivity index (χ3v) is 9.60. The van der Waals surface area contributed by atoms with Gasteiger partial charge < -0.3 is 9.47 Å². The van der Waals surface area contributed by atoms with Crippen LogP contribution in [0.3, 0.4) is 0 Å². The van der Waals surface area contributed by atoms with Crippen molar-refractivity contribution in [1.82, 2.24) is 4.31 Å². The molecule has 33 heavy (non-hydrogen) atoms.